The van der Waals surface area contributed by atoms with Gasteiger partial charge in [-0.25, -0.2) is 9.97 Å². The lowest BCUT2D eigenvalue weighted by Gasteiger charge is -2.49. The molecule has 1 saturated carbocycles. The topological polar surface area (TPSA) is 90.5 Å². The minimum absolute atomic E-state index is 0.0386. The van der Waals surface area contributed by atoms with Gasteiger partial charge in [-0.1, -0.05) is 30.3 Å². The van der Waals surface area contributed by atoms with E-state index in [-0.39, 0.29) is 17.0 Å². The van der Waals surface area contributed by atoms with Crippen molar-refractivity contribution in [3.63, 3.8) is 0 Å². The first-order valence-corrected chi connectivity index (χ1v) is 9.47. The minimum Gasteiger partial charge on any atom is -0.368 e. The normalized spacial score (nSPS) is 31.0. The standard InChI is InChI=1S/C20H28N6O/c1-25(2)20(15-6-4-3-5-7-15)10-8-19(9-11-20)14-26(18(27)24-19)16-12-22-17(21)23-13-16/h3-7,12-13,18,24,27H,8-11,14H2,1-2H3,(H2,21,22,23)/t18-,19?,20?/m0/s1. The summed E-state index contributed by atoms with van der Waals surface area (Å²) in [6.07, 6.45) is 6.66. The Morgan fingerprint density at radius 1 is 1.11 bits per heavy atom. The Morgan fingerprint density at radius 2 is 1.74 bits per heavy atom. The first-order chi connectivity index (χ1) is 12.9. The van der Waals surface area contributed by atoms with Crippen molar-refractivity contribution < 1.29 is 5.11 Å². The van der Waals surface area contributed by atoms with Crippen LogP contribution in [0.25, 0.3) is 0 Å². The molecule has 1 saturated heterocycles. The van der Waals surface area contributed by atoms with E-state index in [2.05, 4.69) is 64.6 Å². The Balaban J connectivity index is 1.53. The number of rotatable bonds is 3. The van der Waals surface area contributed by atoms with Gasteiger partial charge in [0.15, 0.2) is 6.35 Å². The molecule has 7 nitrogen and oxygen atoms in total. The zero-order chi connectivity index (χ0) is 19.1. The molecule has 2 fully saturated rings. The maximum Gasteiger partial charge on any atom is 0.220 e. The van der Waals surface area contributed by atoms with Crippen molar-refractivity contribution in [1.82, 2.24) is 20.2 Å². The number of aliphatic hydroxyl groups is 1. The summed E-state index contributed by atoms with van der Waals surface area (Å²) in [7, 11) is 4.33. The highest BCUT2D eigenvalue weighted by Crippen LogP contribution is 2.46. The number of nitrogens with one attached hydrogen (secondary N) is 1. The van der Waals surface area contributed by atoms with Crippen molar-refractivity contribution in [2.75, 3.05) is 31.3 Å². The number of hydrogen-bond acceptors (Lipinski definition) is 7. The Morgan fingerprint density at radius 3 is 2.33 bits per heavy atom. The molecule has 27 heavy (non-hydrogen) atoms. The second-order valence-corrected chi connectivity index (χ2v) is 8.02. The average Bonchev–Trinajstić information content (AvgIpc) is 3.00. The third kappa shape index (κ3) is 3.16. The molecule has 4 rings (SSSR count). The molecule has 1 spiro atoms. The van der Waals surface area contributed by atoms with Gasteiger partial charge in [-0.2, -0.15) is 0 Å². The molecule has 1 aliphatic carbocycles. The van der Waals surface area contributed by atoms with Gasteiger partial charge in [0.05, 0.1) is 18.1 Å². The van der Waals surface area contributed by atoms with Crippen LogP contribution >= 0.6 is 0 Å². The van der Waals surface area contributed by atoms with E-state index in [9.17, 15) is 5.11 Å². The van der Waals surface area contributed by atoms with Crippen LogP contribution in [0.4, 0.5) is 11.6 Å². The number of nitrogen functional groups attached to an aromatic ring is 1. The van der Waals surface area contributed by atoms with Crippen molar-refractivity contribution in [3.8, 4) is 0 Å². The lowest BCUT2D eigenvalue weighted by molar-refractivity contribution is 0.0513. The summed E-state index contributed by atoms with van der Waals surface area (Å²) in [5, 5.41) is 14.0. The van der Waals surface area contributed by atoms with Gasteiger partial charge >= 0.3 is 0 Å². The third-order valence-corrected chi connectivity index (χ3v) is 6.39. The van der Waals surface area contributed by atoms with Crippen LogP contribution in [0.5, 0.6) is 0 Å². The van der Waals surface area contributed by atoms with Crippen LogP contribution < -0.4 is 16.0 Å². The van der Waals surface area contributed by atoms with Gasteiger partial charge < -0.3 is 15.7 Å². The van der Waals surface area contributed by atoms with E-state index in [0.29, 0.717) is 0 Å². The van der Waals surface area contributed by atoms with Gasteiger partial charge in [-0.05, 0) is 45.3 Å². The molecule has 0 unspecified atom stereocenters. The summed E-state index contributed by atoms with van der Waals surface area (Å²) >= 11 is 0. The average molecular weight is 368 g/mol. The molecule has 7 heteroatoms. The van der Waals surface area contributed by atoms with Crippen LogP contribution in [0.3, 0.4) is 0 Å². The van der Waals surface area contributed by atoms with Crippen LogP contribution in [0, 0.1) is 0 Å². The fourth-order valence-electron chi connectivity index (χ4n) is 4.71. The maximum atomic E-state index is 10.6. The highest BCUT2D eigenvalue weighted by atomic mass is 16.3. The number of aromatic nitrogens is 2. The third-order valence-electron chi connectivity index (χ3n) is 6.39. The van der Waals surface area contributed by atoms with Crippen molar-refractivity contribution >= 4 is 11.6 Å². The molecule has 2 aromatic rings. The molecule has 1 aromatic heterocycles. The largest absolute Gasteiger partial charge is 0.368 e. The van der Waals surface area contributed by atoms with Gasteiger partial charge in [0, 0.05) is 17.6 Å². The first kappa shape index (κ1) is 18.2. The van der Waals surface area contributed by atoms with Gasteiger partial charge in [-0.15, -0.1) is 0 Å². The van der Waals surface area contributed by atoms with E-state index in [1.54, 1.807) is 12.4 Å². The molecule has 0 bridgehead atoms. The molecule has 0 radical (unpaired) electrons. The number of anilines is 2. The molecule has 2 aliphatic rings. The van der Waals surface area contributed by atoms with Crippen LogP contribution in [0.1, 0.15) is 31.2 Å². The van der Waals surface area contributed by atoms with Crippen LogP contribution in [-0.2, 0) is 5.54 Å². The highest BCUT2D eigenvalue weighted by Gasteiger charge is 2.50. The second kappa shape index (κ2) is 6.74. The number of benzene rings is 1. The minimum atomic E-state index is -0.735. The van der Waals surface area contributed by atoms with Crippen LogP contribution in [-0.4, -0.2) is 52.5 Å². The Labute approximate surface area is 160 Å². The summed E-state index contributed by atoms with van der Waals surface area (Å²) in [4.78, 5) is 12.4. The van der Waals surface area contributed by atoms with Crippen LogP contribution in [0.15, 0.2) is 42.7 Å². The summed E-state index contributed by atoms with van der Waals surface area (Å²) in [5.74, 6) is 0.242. The first-order valence-electron chi connectivity index (χ1n) is 9.47. The van der Waals surface area contributed by atoms with Gasteiger partial charge in [-0.3, -0.25) is 10.2 Å². The number of nitrogens with two attached hydrogens (primary N) is 1. The second-order valence-electron chi connectivity index (χ2n) is 8.02. The van der Waals surface area contributed by atoms with Crippen LogP contribution in [0.2, 0.25) is 0 Å². The predicted octanol–water partition coefficient (Wildman–Crippen LogP) is 1.51. The molecule has 1 atom stereocenters. The van der Waals surface area contributed by atoms with Gasteiger partial charge in [0.2, 0.25) is 5.95 Å². The molecule has 1 aliphatic heterocycles. The lowest BCUT2D eigenvalue weighted by Crippen LogP contribution is -2.54. The molecule has 0 amide bonds. The number of nitrogens with zero attached hydrogens (tertiary/aromatic N) is 4. The predicted molar refractivity (Wildman–Crippen MR) is 106 cm³/mol. The SMILES string of the molecule is CN(C)C1(c2ccccc2)CCC2(CC1)CN(c1cnc(N)nc1)[C@@H](O)N2. The Bertz CT molecular complexity index is 771. The summed E-state index contributed by atoms with van der Waals surface area (Å²) in [6, 6.07) is 10.8. The molecule has 144 valence electrons. The van der Waals surface area contributed by atoms with E-state index in [1.807, 2.05) is 4.90 Å². The molecular weight excluding hydrogens is 340 g/mol. The van der Waals surface area contributed by atoms with Crippen molar-refractivity contribution in [1.29, 1.82) is 0 Å². The summed E-state index contributed by atoms with van der Waals surface area (Å²) in [6.45, 7) is 0.736. The fourth-order valence-corrected chi connectivity index (χ4v) is 4.71. The van der Waals surface area contributed by atoms with E-state index >= 15 is 0 Å². The van der Waals surface area contributed by atoms with E-state index in [0.717, 1.165) is 37.9 Å². The monoisotopic (exact) mass is 368 g/mol. The number of aliphatic hydroxyl groups excluding tert-OH is 1. The van der Waals surface area contributed by atoms with E-state index in [1.165, 1.54) is 5.56 Å². The Kier molecular flexibility index (Phi) is 4.53. The zero-order valence-corrected chi connectivity index (χ0v) is 16.0. The smallest absolute Gasteiger partial charge is 0.220 e. The molecule has 2 heterocycles. The van der Waals surface area contributed by atoms with E-state index in [4.69, 9.17) is 5.73 Å². The lowest BCUT2D eigenvalue weighted by atomic mass is 9.69. The highest BCUT2D eigenvalue weighted by molar-refractivity contribution is 5.46. The molecule has 1 aromatic carbocycles. The summed E-state index contributed by atoms with van der Waals surface area (Å²) in [5.41, 5.74) is 7.68. The van der Waals surface area contributed by atoms with Crippen molar-refractivity contribution in [3.05, 3.63) is 48.3 Å². The van der Waals surface area contributed by atoms with Gasteiger partial charge in [0.1, 0.15) is 0 Å². The van der Waals surface area contributed by atoms with Crippen molar-refractivity contribution in [2.24, 2.45) is 0 Å². The number of hydrogen-bond donors (Lipinski definition) is 3. The summed E-state index contributed by atoms with van der Waals surface area (Å²) < 4.78 is 0. The quantitative estimate of drug-likeness (QED) is 0.756. The maximum absolute atomic E-state index is 10.6. The van der Waals surface area contributed by atoms with Crippen molar-refractivity contribution in [2.45, 2.75) is 43.1 Å². The Hall–Kier alpha value is -2.22. The molecule has 4 N–H and O–H groups in total. The zero-order valence-electron chi connectivity index (χ0n) is 16.0. The van der Waals surface area contributed by atoms with Gasteiger partial charge in [0.25, 0.3) is 0 Å². The fraction of sp³-hybridized carbons (Fsp3) is 0.500. The molecular formula is C20H28N6O. The van der Waals surface area contributed by atoms with E-state index < -0.39 is 6.35 Å².